The van der Waals surface area contributed by atoms with Gasteiger partial charge in [-0.2, -0.15) is 0 Å². The van der Waals surface area contributed by atoms with Crippen LogP contribution in [-0.4, -0.2) is 34.8 Å². The molecule has 5 rings (SSSR count). The molecule has 3 aliphatic rings. The number of pyridine rings is 1. The van der Waals surface area contributed by atoms with E-state index in [1.165, 1.54) is 18.5 Å². The average molecular weight is 389 g/mol. The smallest absolute Gasteiger partial charge is 0.269 e. The Morgan fingerprint density at radius 1 is 1.17 bits per heavy atom. The number of rotatable bonds is 5. The van der Waals surface area contributed by atoms with Gasteiger partial charge in [0.15, 0.2) is 0 Å². The molecule has 2 heterocycles. The van der Waals surface area contributed by atoms with Crippen molar-refractivity contribution in [1.29, 1.82) is 0 Å². The van der Waals surface area contributed by atoms with Crippen LogP contribution >= 0.6 is 0 Å². The van der Waals surface area contributed by atoms with Gasteiger partial charge in [-0.05, 0) is 56.6 Å². The third-order valence-electron chi connectivity index (χ3n) is 6.71. The summed E-state index contributed by atoms with van der Waals surface area (Å²) in [5.41, 5.74) is 2.32. The zero-order chi connectivity index (χ0) is 19.8. The number of fused-ring (bicyclic) bond motifs is 2. The Labute approximate surface area is 171 Å². The number of likely N-dealkylation sites (tertiary alicyclic amines) is 1. The van der Waals surface area contributed by atoms with Crippen LogP contribution in [-0.2, 0) is 4.79 Å². The normalized spacial score (nSPS) is 24.2. The topological polar surface area (TPSA) is 62.3 Å². The van der Waals surface area contributed by atoms with Gasteiger partial charge in [0, 0.05) is 36.0 Å². The monoisotopic (exact) mass is 389 g/mol. The fourth-order valence-corrected chi connectivity index (χ4v) is 4.85. The molecule has 5 nitrogen and oxygen atoms in total. The van der Waals surface area contributed by atoms with Crippen LogP contribution in [0.15, 0.2) is 48.2 Å². The maximum Gasteiger partial charge on any atom is 0.269 e. The summed E-state index contributed by atoms with van der Waals surface area (Å²) >= 11 is 0. The van der Waals surface area contributed by atoms with Crippen molar-refractivity contribution in [3.8, 4) is 0 Å². The van der Waals surface area contributed by atoms with Crippen LogP contribution in [0.4, 0.5) is 0 Å². The molecule has 1 saturated heterocycles. The molecule has 1 atom stereocenters. The number of para-hydroxylation sites is 1. The number of nitrogens with one attached hydrogen (secondary N) is 1. The highest BCUT2D eigenvalue weighted by Gasteiger charge is 2.45. The first-order valence-electron chi connectivity index (χ1n) is 10.8. The van der Waals surface area contributed by atoms with Crippen LogP contribution in [0.25, 0.3) is 10.9 Å². The molecular weight excluding hydrogens is 362 g/mol. The van der Waals surface area contributed by atoms with Crippen molar-refractivity contribution in [1.82, 2.24) is 15.2 Å². The lowest BCUT2D eigenvalue weighted by Crippen LogP contribution is -2.51. The lowest BCUT2D eigenvalue weighted by Gasteiger charge is -2.47. The van der Waals surface area contributed by atoms with Crippen molar-refractivity contribution < 1.29 is 9.59 Å². The summed E-state index contributed by atoms with van der Waals surface area (Å²) in [4.78, 5) is 32.1. The molecule has 0 spiro atoms. The Hall–Kier alpha value is -2.69. The first kappa shape index (κ1) is 18.3. The quantitative estimate of drug-likeness (QED) is 0.839. The molecule has 2 fully saturated rings. The van der Waals surface area contributed by atoms with Gasteiger partial charge in [-0.3, -0.25) is 9.59 Å². The second-order valence-corrected chi connectivity index (χ2v) is 8.78. The number of aromatic nitrogens is 1. The number of hydrogen-bond donors (Lipinski definition) is 1. The standard InChI is InChI=1S/C24H27N3O2/c28-22-12-14-24(13-4-3-7-21(24)27(22)15-17-8-9-17)16-25-23(29)20-11-10-18-5-1-2-6-19(18)26-20/h1-2,5-7,10-11,17H,3-4,8-9,12-16H2,(H,25,29)/t24-/m0/s1. The first-order chi connectivity index (χ1) is 14.1. The maximum atomic E-state index is 12.9. The molecule has 1 aromatic heterocycles. The van der Waals surface area contributed by atoms with E-state index in [9.17, 15) is 9.59 Å². The SMILES string of the molecule is O=C(NC[C@@]12CCCC=C1N(CC1CC1)C(=O)CC2)c1ccc2ccccc2n1. The number of hydrogen-bond acceptors (Lipinski definition) is 3. The number of piperidine rings is 1. The number of amides is 2. The highest BCUT2D eigenvalue weighted by atomic mass is 16.2. The number of carbonyl (C=O) groups is 2. The summed E-state index contributed by atoms with van der Waals surface area (Å²) in [5.74, 6) is 0.776. The van der Waals surface area contributed by atoms with E-state index in [2.05, 4.69) is 16.4 Å². The van der Waals surface area contributed by atoms with Crippen LogP contribution in [0.2, 0.25) is 0 Å². The number of allylic oxidation sites excluding steroid dienone is 1. The highest BCUT2D eigenvalue weighted by molar-refractivity contribution is 5.95. The van der Waals surface area contributed by atoms with Crippen LogP contribution in [0.3, 0.4) is 0 Å². The van der Waals surface area contributed by atoms with Gasteiger partial charge in [0.2, 0.25) is 5.91 Å². The van der Waals surface area contributed by atoms with Crippen molar-refractivity contribution in [2.24, 2.45) is 11.3 Å². The summed E-state index contributed by atoms with van der Waals surface area (Å²) < 4.78 is 0. The molecule has 2 aromatic rings. The molecule has 0 unspecified atom stereocenters. The lowest BCUT2D eigenvalue weighted by atomic mass is 9.69. The van der Waals surface area contributed by atoms with E-state index < -0.39 is 0 Å². The minimum Gasteiger partial charge on any atom is -0.350 e. The molecular formula is C24H27N3O2. The lowest BCUT2D eigenvalue weighted by molar-refractivity contribution is -0.134. The molecule has 150 valence electrons. The molecule has 2 amide bonds. The fraction of sp³-hybridized carbons (Fsp3) is 0.458. The molecule has 1 aliphatic heterocycles. The van der Waals surface area contributed by atoms with Gasteiger partial charge in [-0.15, -0.1) is 0 Å². The Kier molecular flexibility index (Phi) is 4.61. The number of carbonyl (C=O) groups excluding carboxylic acids is 2. The second kappa shape index (κ2) is 7.29. The molecule has 1 N–H and O–H groups in total. The van der Waals surface area contributed by atoms with E-state index in [4.69, 9.17) is 0 Å². The van der Waals surface area contributed by atoms with Gasteiger partial charge in [-0.1, -0.05) is 30.3 Å². The summed E-state index contributed by atoms with van der Waals surface area (Å²) in [6, 6.07) is 11.6. The van der Waals surface area contributed by atoms with Crippen molar-refractivity contribution in [2.75, 3.05) is 13.1 Å². The molecule has 29 heavy (non-hydrogen) atoms. The predicted molar refractivity (Wildman–Crippen MR) is 112 cm³/mol. The Morgan fingerprint density at radius 3 is 2.90 bits per heavy atom. The Morgan fingerprint density at radius 2 is 2.03 bits per heavy atom. The minimum absolute atomic E-state index is 0.118. The van der Waals surface area contributed by atoms with Gasteiger partial charge in [0.1, 0.15) is 5.69 Å². The van der Waals surface area contributed by atoms with Gasteiger partial charge in [0.25, 0.3) is 5.91 Å². The zero-order valence-corrected chi connectivity index (χ0v) is 16.7. The van der Waals surface area contributed by atoms with Gasteiger partial charge < -0.3 is 10.2 Å². The summed E-state index contributed by atoms with van der Waals surface area (Å²) in [6.07, 6.45) is 9.27. The van der Waals surface area contributed by atoms with Gasteiger partial charge in [-0.25, -0.2) is 4.98 Å². The molecule has 2 aliphatic carbocycles. The Balaban J connectivity index is 1.34. The number of nitrogens with zero attached hydrogens (tertiary/aromatic N) is 2. The van der Waals surface area contributed by atoms with E-state index >= 15 is 0 Å². The molecule has 0 radical (unpaired) electrons. The predicted octanol–water partition coefficient (Wildman–Crippen LogP) is 4.05. The maximum absolute atomic E-state index is 12.9. The fourth-order valence-electron chi connectivity index (χ4n) is 4.85. The van der Waals surface area contributed by atoms with Crippen LogP contribution < -0.4 is 5.32 Å². The van der Waals surface area contributed by atoms with Crippen LogP contribution in [0.5, 0.6) is 0 Å². The summed E-state index contributed by atoms with van der Waals surface area (Å²) in [5, 5.41) is 4.18. The van der Waals surface area contributed by atoms with Gasteiger partial charge in [0.05, 0.1) is 5.52 Å². The first-order valence-corrected chi connectivity index (χ1v) is 10.8. The third-order valence-corrected chi connectivity index (χ3v) is 6.71. The van der Waals surface area contributed by atoms with Crippen molar-refractivity contribution >= 4 is 22.7 Å². The summed E-state index contributed by atoms with van der Waals surface area (Å²) in [7, 11) is 0. The van der Waals surface area contributed by atoms with E-state index in [0.29, 0.717) is 24.6 Å². The van der Waals surface area contributed by atoms with E-state index in [1.54, 1.807) is 6.07 Å². The van der Waals surface area contributed by atoms with Crippen LogP contribution in [0, 0.1) is 11.3 Å². The Bertz CT molecular complexity index is 995. The van der Waals surface area contributed by atoms with E-state index in [0.717, 1.165) is 43.1 Å². The number of benzene rings is 1. The van der Waals surface area contributed by atoms with E-state index in [-0.39, 0.29) is 17.2 Å². The highest BCUT2D eigenvalue weighted by Crippen LogP contribution is 2.47. The van der Waals surface area contributed by atoms with Crippen molar-refractivity contribution in [3.05, 3.63) is 53.9 Å². The minimum atomic E-state index is -0.138. The van der Waals surface area contributed by atoms with Crippen LogP contribution in [0.1, 0.15) is 55.4 Å². The molecule has 1 aromatic carbocycles. The largest absolute Gasteiger partial charge is 0.350 e. The molecule has 5 heteroatoms. The third kappa shape index (κ3) is 3.54. The average Bonchev–Trinajstić information content (AvgIpc) is 3.58. The molecule has 1 saturated carbocycles. The van der Waals surface area contributed by atoms with Crippen molar-refractivity contribution in [3.63, 3.8) is 0 Å². The zero-order valence-electron chi connectivity index (χ0n) is 16.7. The second-order valence-electron chi connectivity index (χ2n) is 8.78. The van der Waals surface area contributed by atoms with Gasteiger partial charge >= 0.3 is 0 Å². The molecule has 0 bridgehead atoms. The summed E-state index contributed by atoms with van der Waals surface area (Å²) in [6.45, 7) is 1.42. The van der Waals surface area contributed by atoms with E-state index in [1.807, 2.05) is 35.2 Å². The van der Waals surface area contributed by atoms with Crippen molar-refractivity contribution in [2.45, 2.75) is 44.9 Å².